The molecule has 0 bridgehead atoms. The third-order valence-corrected chi connectivity index (χ3v) is 4.99. The Morgan fingerprint density at radius 2 is 1.79 bits per heavy atom. The van der Waals surface area contributed by atoms with Gasteiger partial charge in [0.1, 0.15) is 0 Å². The Kier molecular flexibility index (Phi) is 4.92. The minimum absolute atomic E-state index is 0.303. The molecule has 0 spiro atoms. The van der Waals surface area contributed by atoms with Crippen molar-refractivity contribution in [2.75, 3.05) is 18.9 Å². The predicted molar refractivity (Wildman–Crippen MR) is 67.1 cm³/mol. The minimum Gasteiger partial charge on any atom is -0.300 e. The molecule has 0 amide bonds. The number of halogens is 1. The summed E-state index contributed by atoms with van der Waals surface area (Å²) in [6, 6.07) is 0. The Hall–Kier alpha value is 0.440. The van der Waals surface area contributed by atoms with Crippen molar-refractivity contribution in [2.24, 2.45) is 5.92 Å². The maximum atomic E-state index is 3.59. The van der Waals surface area contributed by atoms with Gasteiger partial charge in [0.05, 0.1) is 0 Å². The molecule has 14 heavy (non-hydrogen) atoms. The second-order valence-corrected chi connectivity index (χ2v) is 5.89. The molecule has 1 saturated carbocycles. The van der Waals surface area contributed by atoms with Crippen LogP contribution in [0.3, 0.4) is 0 Å². The van der Waals surface area contributed by atoms with E-state index in [4.69, 9.17) is 0 Å². The zero-order valence-electron chi connectivity index (χ0n) is 9.85. The van der Waals surface area contributed by atoms with Crippen LogP contribution in [0.5, 0.6) is 0 Å². The monoisotopic (exact) mass is 261 g/mol. The van der Waals surface area contributed by atoms with Crippen LogP contribution in [0.25, 0.3) is 0 Å². The first-order valence-electron chi connectivity index (χ1n) is 5.83. The van der Waals surface area contributed by atoms with Crippen molar-refractivity contribution < 1.29 is 0 Å². The SMILES string of the molecule is CN(CC1CCCCC1)C(C)(C)CBr. The maximum absolute atomic E-state index is 3.59. The van der Waals surface area contributed by atoms with Crippen LogP contribution in [0.1, 0.15) is 46.0 Å². The van der Waals surface area contributed by atoms with Crippen LogP contribution >= 0.6 is 15.9 Å². The summed E-state index contributed by atoms with van der Waals surface area (Å²) in [5, 5.41) is 1.06. The van der Waals surface area contributed by atoms with Gasteiger partial charge in [-0.25, -0.2) is 0 Å². The third kappa shape index (κ3) is 3.54. The van der Waals surface area contributed by atoms with Gasteiger partial charge in [0.25, 0.3) is 0 Å². The molecule has 0 atom stereocenters. The standard InChI is InChI=1S/C12H24BrN/c1-12(2,10-13)14(3)9-11-7-5-4-6-8-11/h11H,4-10H2,1-3H3. The molecule has 2 heteroatoms. The number of alkyl halides is 1. The van der Waals surface area contributed by atoms with E-state index in [9.17, 15) is 0 Å². The van der Waals surface area contributed by atoms with Gasteiger partial charge >= 0.3 is 0 Å². The van der Waals surface area contributed by atoms with Crippen LogP contribution in [0.15, 0.2) is 0 Å². The van der Waals surface area contributed by atoms with Gasteiger partial charge in [0.2, 0.25) is 0 Å². The van der Waals surface area contributed by atoms with E-state index in [0.29, 0.717) is 5.54 Å². The molecular formula is C12H24BrN. The molecule has 0 unspecified atom stereocenters. The normalized spacial score (nSPS) is 20.4. The smallest absolute Gasteiger partial charge is 0.0247 e. The highest BCUT2D eigenvalue weighted by Crippen LogP contribution is 2.26. The van der Waals surface area contributed by atoms with E-state index < -0.39 is 0 Å². The average Bonchev–Trinajstić information content (AvgIpc) is 2.19. The van der Waals surface area contributed by atoms with Gasteiger partial charge in [-0.3, -0.25) is 0 Å². The first-order valence-corrected chi connectivity index (χ1v) is 6.95. The fraction of sp³-hybridized carbons (Fsp3) is 1.00. The molecule has 0 aromatic carbocycles. The Bertz CT molecular complexity index is 162. The van der Waals surface area contributed by atoms with Gasteiger partial charge < -0.3 is 4.90 Å². The second-order valence-electron chi connectivity index (χ2n) is 5.33. The summed E-state index contributed by atoms with van der Waals surface area (Å²) in [6.45, 7) is 5.90. The Balaban J connectivity index is 2.34. The number of hydrogen-bond donors (Lipinski definition) is 0. The van der Waals surface area contributed by atoms with Gasteiger partial charge in [-0.15, -0.1) is 0 Å². The molecule has 1 aliphatic rings. The lowest BCUT2D eigenvalue weighted by molar-refractivity contribution is 0.138. The summed E-state index contributed by atoms with van der Waals surface area (Å²) in [4.78, 5) is 2.51. The van der Waals surface area contributed by atoms with Crippen molar-refractivity contribution >= 4 is 15.9 Å². The molecule has 1 rings (SSSR count). The van der Waals surface area contributed by atoms with Crippen LogP contribution in [0, 0.1) is 5.92 Å². The van der Waals surface area contributed by atoms with Crippen LogP contribution < -0.4 is 0 Å². The largest absolute Gasteiger partial charge is 0.300 e. The molecule has 0 aromatic heterocycles. The van der Waals surface area contributed by atoms with Crippen LogP contribution in [0.2, 0.25) is 0 Å². The minimum atomic E-state index is 0.303. The molecule has 84 valence electrons. The molecule has 1 aliphatic carbocycles. The molecule has 0 radical (unpaired) electrons. The Labute approximate surface area is 97.4 Å². The van der Waals surface area contributed by atoms with Crippen LogP contribution in [-0.2, 0) is 0 Å². The molecular weight excluding hydrogens is 238 g/mol. The quantitative estimate of drug-likeness (QED) is 0.699. The summed E-state index contributed by atoms with van der Waals surface area (Å²) < 4.78 is 0. The van der Waals surface area contributed by atoms with Crippen molar-refractivity contribution in [1.29, 1.82) is 0 Å². The van der Waals surface area contributed by atoms with Crippen molar-refractivity contribution in [3.05, 3.63) is 0 Å². The van der Waals surface area contributed by atoms with E-state index >= 15 is 0 Å². The molecule has 0 aromatic rings. The van der Waals surface area contributed by atoms with Gasteiger partial charge in [-0.1, -0.05) is 35.2 Å². The fourth-order valence-corrected chi connectivity index (χ4v) is 2.53. The second kappa shape index (κ2) is 5.50. The summed E-state index contributed by atoms with van der Waals surface area (Å²) in [5.41, 5.74) is 0.303. The topological polar surface area (TPSA) is 3.24 Å². The first-order chi connectivity index (χ1) is 6.56. The number of rotatable bonds is 4. The number of nitrogens with zero attached hydrogens (tertiary/aromatic N) is 1. The highest BCUT2D eigenvalue weighted by atomic mass is 79.9. The molecule has 0 N–H and O–H groups in total. The molecule has 1 nitrogen and oxygen atoms in total. The highest BCUT2D eigenvalue weighted by Gasteiger charge is 2.25. The van der Waals surface area contributed by atoms with Crippen molar-refractivity contribution in [1.82, 2.24) is 4.90 Å². The summed E-state index contributed by atoms with van der Waals surface area (Å²) in [5.74, 6) is 0.951. The predicted octanol–water partition coefficient (Wildman–Crippen LogP) is 3.67. The van der Waals surface area contributed by atoms with Gasteiger partial charge in [-0.05, 0) is 39.7 Å². The molecule has 1 fully saturated rings. The van der Waals surface area contributed by atoms with Crippen molar-refractivity contribution in [3.8, 4) is 0 Å². The number of hydrogen-bond acceptors (Lipinski definition) is 1. The van der Waals surface area contributed by atoms with Gasteiger partial charge in [-0.2, -0.15) is 0 Å². The summed E-state index contributed by atoms with van der Waals surface area (Å²) in [7, 11) is 2.26. The van der Waals surface area contributed by atoms with E-state index in [1.807, 2.05) is 0 Å². The maximum Gasteiger partial charge on any atom is 0.0247 e. The summed E-state index contributed by atoms with van der Waals surface area (Å²) in [6.07, 6.45) is 7.26. The van der Waals surface area contributed by atoms with Gasteiger partial charge in [0.15, 0.2) is 0 Å². The van der Waals surface area contributed by atoms with E-state index in [1.54, 1.807) is 0 Å². The molecule has 0 saturated heterocycles. The lowest BCUT2D eigenvalue weighted by Gasteiger charge is -2.37. The molecule has 0 aliphatic heterocycles. The Morgan fingerprint density at radius 1 is 1.21 bits per heavy atom. The van der Waals surface area contributed by atoms with E-state index in [1.165, 1.54) is 38.6 Å². The lowest BCUT2D eigenvalue weighted by Crippen LogP contribution is -2.45. The zero-order chi connectivity index (χ0) is 10.6. The van der Waals surface area contributed by atoms with Crippen molar-refractivity contribution in [2.45, 2.75) is 51.5 Å². The zero-order valence-corrected chi connectivity index (χ0v) is 11.4. The van der Waals surface area contributed by atoms with E-state index in [0.717, 1.165) is 11.2 Å². The van der Waals surface area contributed by atoms with Gasteiger partial charge in [0, 0.05) is 17.4 Å². The molecule has 0 heterocycles. The van der Waals surface area contributed by atoms with E-state index in [-0.39, 0.29) is 0 Å². The van der Waals surface area contributed by atoms with E-state index in [2.05, 4.69) is 41.7 Å². The fourth-order valence-electron chi connectivity index (χ4n) is 2.11. The highest BCUT2D eigenvalue weighted by molar-refractivity contribution is 9.09. The first kappa shape index (κ1) is 12.5. The van der Waals surface area contributed by atoms with Crippen molar-refractivity contribution in [3.63, 3.8) is 0 Å². The third-order valence-electron chi connectivity index (χ3n) is 3.62. The van der Waals surface area contributed by atoms with Crippen LogP contribution in [0.4, 0.5) is 0 Å². The lowest BCUT2D eigenvalue weighted by atomic mass is 9.88. The van der Waals surface area contributed by atoms with Crippen LogP contribution in [-0.4, -0.2) is 29.4 Å². The average molecular weight is 262 g/mol. The Morgan fingerprint density at radius 3 is 2.29 bits per heavy atom. The summed E-state index contributed by atoms with van der Waals surface area (Å²) >= 11 is 3.59.